The third-order valence-electron chi connectivity index (χ3n) is 0.0786. The normalized spacial score (nSPS) is 4.67. The van der Waals surface area contributed by atoms with Crippen LogP contribution in [0, 0.1) is 0 Å². The van der Waals surface area contributed by atoms with E-state index < -0.39 is 0 Å². The van der Waals surface area contributed by atoms with E-state index in [-0.39, 0.29) is 36.0 Å². The minimum atomic E-state index is -0.181. The zero-order valence-electron chi connectivity index (χ0n) is 4.31. The summed E-state index contributed by atoms with van der Waals surface area (Å²) < 4.78 is 0. The van der Waals surface area contributed by atoms with Crippen LogP contribution in [0.25, 0.3) is 0 Å². The van der Waals surface area contributed by atoms with Gasteiger partial charge in [-0.05, 0) is 0 Å². The van der Waals surface area contributed by atoms with Crippen molar-refractivity contribution in [3.05, 3.63) is 0 Å². The molecule has 0 aliphatic carbocycles. The monoisotopic (exact) mass is 146 g/mol. The van der Waals surface area contributed by atoms with E-state index in [0.29, 0.717) is 0 Å². The topological polar surface area (TPSA) is 98.7 Å². The maximum absolute atomic E-state index is 8.64. The van der Waals surface area contributed by atoms with Gasteiger partial charge in [0.25, 0.3) is 12.9 Å². The first kappa shape index (κ1) is 15.8. The summed E-state index contributed by atoms with van der Waals surface area (Å²) in [6.45, 7) is -0.361. The Labute approximate surface area is 66.4 Å². The summed E-state index contributed by atoms with van der Waals surface area (Å²) in [6.07, 6.45) is 0. The molecule has 6 nitrogen and oxygen atoms in total. The Kier molecular flexibility index (Phi) is 44.8. The van der Waals surface area contributed by atoms with E-state index in [0.717, 1.165) is 0 Å². The number of carbonyl (C=O) groups excluding carboxylic acids is 2. The molecular weight excluding hydrogens is 144 g/mol. The number of rotatable bonds is 2. The molecule has 0 aromatic carbocycles. The fraction of sp³-hybridized carbons (Fsp3) is 0. The summed E-state index contributed by atoms with van der Waals surface area (Å²) in [5.41, 5.74) is 0. The molecule has 0 N–H and O–H groups in total. The second kappa shape index (κ2) is 25.5. The third kappa shape index (κ3) is 91.3. The van der Waals surface area contributed by atoms with Crippen molar-refractivity contribution in [1.29, 1.82) is 0 Å². The SMILES string of the molecule is O=CO[O-].O=CO[O-].[Mg+2]. The zero-order chi connectivity index (χ0) is 6.83. The standard InChI is InChI=1S/2CH2O3.Mg/c2*2-1-4-3;/h2*1,3H;/q;;+2/p-2. The van der Waals surface area contributed by atoms with Gasteiger partial charge >= 0.3 is 23.1 Å². The van der Waals surface area contributed by atoms with E-state index in [2.05, 4.69) is 9.78 Å². The molecule has 9 heavy (non-hydrogen) atoms. The average Bonchev–Trinajstić information content (AvgIpc) is 1.88. The molecule has 0 radical (unpaired) electrons. The molecule has 0 saturated carbocycles. The van der Waals surface area contributed by atoms with Crippen LogP contribution in [0.3, 0.4) is 0 Å². The van der Waals surface area contributed by atoms with Crippen LogP contribution in [0.5, 0.6) is 0 Å². The Hall–Kier alpha value is -0.374. The van der Waals surface area contributed by atoms with Crippen molar-refractivity contribution in [2.24, 2.45) is 0 Å². The average molecular weight is 146 g/mol. The number of hydrogen-bond acceptors (Lipinski definition) is 6. The Morgan fingerprint density at radius 1 is 1.00 bits per heavy atom. The van der Waals surface area contributed by atoms with Crippen molar-refractivity contribution < 1.29 is 29.9 Å². The quantitative estimate of drug-likeness (QED) is 0.173. The number of hydrogen-bond donors (Lipinski definition) is 0. The summed E-state index contributed by atoms with van der Waals surface area (Å²) in [4.78, 5) is 22.5. The van der Waals surface area contributed by atoms with Crippen molar-refractivity contribution in [2.45, 2.75) is 0 Å². The molecule has 0 aliphatic rings. The van der Waals surface area contributed by atoms with Crippen molar-refractivity contribution in [1.82, 2.24) is 0 Å². The smallest absolute Gasteiger partial charge is 0.662 e. The molecule has 0 amide bonds. The fourth-order valence-corrected chi connectivity index (χ4v) is 0. The largest absolute Gasteiger partial charge is 2.00 e. The van der Waals surface area contributed by atoms with Crippen molar-refractivity contribution in [3.63, 3.8) is 0 Å². The van der Waals surface area contributed by atoms with E-state index in [4.69, 9.17) is 20.1 Å². The zero-order valence-corrected chi connectivity index (χ0v) is 5.73. The summed E-state index contributed by atoms with van der Waals surface area (Å²) >= 11 is 0. The molecule has 0 atom stereocenters. The van der Waals surface area contributed by atoms with Crippen LogP contribution in [0.15, 0.2) is 0 Å². The van der Waals surface area contributed by atoms with Crippen LogP contribution in [0.1, 0.15) is 0 Å². The van der Waals surface area contributed by atoms with E-state index in [1.54, 1.807) is 0 Å². The van der Waals surface area contributed by atoms with Gasteiger partial charge in [-0.3, -0.25) is 9.59 Å². The molecule has 0 rings (SSSR count). The molecule has 0 heterocycles. The van der Waals surface area contributed by atoms with Gasteiger partial charge < -0.3 is 20.3 Å². The molecule has 0 bridgehead atoms. The van der Waals surface area contributed by atoms with Crippen LogP contribution in [0.4, 0.5) is 0 Å². The van der Waals surface area contributed by atoms with Crippen LogP contribution >= 0.6 is 0 Å². The maximum Gasteiger partial charge on any atom is 2.00 e. The van der Waals surface area contributed by atoms with Gasteiger partial charge in [0.15, 0.2) is 0 Å². The van der Waals surface area contributed by atoms with Gasteiger partial charge in [-0.1, -0.05) is 0 Å². The Bertz CT molecular complexity index is 47.0. The minimum absolute atomic E-state index is 0. The summed E-state index contributed by atoms with van der Waals surface area (Å²) in [6, 6.07) is 0. The Morgan fingerprint density at radius 2 is 1.11 bits per heavy atom. The van der Waals surface area contributed by atoms with Gasteiger partial charge in [0, 0.05) is 0 Å². The molecule has 0 saturated heterocycles. The molecular formula is C2H2MgO6. The molecule has 0 aliphatic heterocycles. The molecule has 7 heteroatoms. The summed E-state index contributed by atoms with van der Waals surface area (Å²) in [5.74, 6) is 0. The molecule has 0 aromatic heterocycles. The molecule has 0 aromatic rings. The van der Waals surface area contributed by atoms with E-state index in [9.17, 15) is 0 Å². The summed E-state index contributed by atoms with van der Waals surface area (Å²) in [5, 5.41) is 16.9. The third-order valence-corrected chi connectivity index (χ3v) is 0.0786. The predicted octanol–water partition coefficient (Wildman–Crippen LogP) is -3.51. The summed E-state index contributed by atoms with van der Waals surface area (Å²) in [7, 11) is 0. The number of carbonyl (C=O) groups is 2. The molecule has 0 unspecified atom stereocenters. The fourth-order valence-electron chi connectivity index (χ4n) is 0. The predicted molar refractivity (Wildman–Crippen MR) is 20.1 cm³/mol. The second-order valence-corrected chi connectivity index (χ2v) is 0.385. The van der Waals surface area contributed by atoms with E-state index in [1.807, 2.05) is 0 Å². The van der Waals surface area contributed by atoms with Crippen molar-refractivity contribution >= 4 is 36.0 Å². The van der Waals surface area contributed by atoms with Gasteiger partial charge in [0.05, 0.1) is 0 Å². The first-order valence-corrected chi connectivity index (χ1v) is 1.28. The van der Waals surface area contributed by atoms with Crippen molar-refractivity contribution in [2.75, 3.05) is 0 Å². The molecule has 0 spiro atoms. The van der Waals surface area contributed by atoms with Gasteiger partial charge in [-0.15, -0.1) is 0 Å². The maximum atomic E-state index is 8.64. The second-order valence-electron chi connectivity index (χ2n) is 0.385. The molecule has 0 fully saturated rings. The van der Waals surface area contributed by atoms with Crippen LogP contribution < -0.4 is 10.5 Å². The van der Waals surface area contributed by atoms with E-state index >= 15 is 0 Å². The molecule has 48 valence electrons. The van der Waals surface area contributed by atoms with Gasteiger partial charge in [-0.2, -0.15) is 0 Å². The van der Waals surface area contributed by atoms with Gasteiger partial charge in [0.2, 0.25) is 0 Å². The van der Waals surface area contributed by atoms with Crippen LogP contribution in [-0.4, -0.2) is 36.0 Å². The first-order chi connectivity index (χ1) is 3.83. The van der Waals surface area contributed by atoms with Crippen molar-refractivity contribution in [3.8, 4) is 0 Å². The van der Waals surface area contributed by atoms with Gasteiger partial charge in [0.1, 0.15) is 0 Å². The van der Waals surface area contributed by atoms with Crippen LogP contribution in [0.2, 0.25) is 0 Å². The van der Waals surface area contributed by atoms with Crippen LogP contribution in [-0.2, 0) is 19.4 Å². The van der Waals surface area contributed by atoms with Gasteiger partial charge in [-0.25, -0.2) is 0 Å². The Balaban J connectivity index is -0.0000000720. The minimum Gasteiger partial charge on any atom is -0.662 e. The van der Waals surface area contributed by atoms with E-state index in [1.165, 1.54) is 0 Å². The first-order valence-electron chi connectivity index (χ1n) is 1.28. The Morgan fingerprint density at radius 3 is 1.11 bits per heavy atom.